The quantitative estimate of drug-likeness (QED) is 0.887. The SMILES string of the molecule is CC(CN)c1coc(CC2CCS(=O)(=O)CC2)n1. The van der Waals surface area contributed by atoms with E-state index >= 15 is 0 Å². The van der Waals surface area contributed by atoms with Gasteiger partial charge in [0.2, 0.25) is 0 Å². The normalized spacial score (nSPS) is 21.9. The van der Waals surface area contributed by atoms with E-state index in [4.69, 9.17) is 10.2 Å². The van der Waals surface area contributed by atoms with E-state index < -0.39 is 9.84 Å². The molecule has 1 aliphatic rings. The summed E-state index contributed by atoms with van der Waals surface area (Å²) in [6, 6.07) is 0. The highest BCUT2D eigenvalue weighted by Crippen LogP contribution is 2.23. The lowest BCUT2D eigenvalue weighted by atomic mass is 9.99. The molecule has 2 N–H and O–H groups in total. The van der Waals surface area contributed by atoms with E-state index in [-0.39, 0.29) is 5.92 Å². The van der Waals surface area contributed by atoms with Crippen LogP contribution in [0.25, 0.3) is 0 Å². The van der Waals surface area contributed by atoms with Gasteiger partial charge in [-0.3, -0.25) is 0 Å². The molecule has 18 heavy (non-hydrogen) atoms. The first-order valence-corrected chi connectivity index (χ1v) is 8.17. The van der Waals surface area contributed by atoms with Gasteiger partial charge in [-0.25, -0.2) is 13.4 Å². The summed E-state index contributed by atoms with van der Waals surface area (Å²) in [7, 11) is -2.79. The van der Waals surface area contributed by atoms with Gasteiger partial charge < -0.3 is 10.2 Å². The Kier molecular flexibility index (Phi) is 4.07. The average molecular weight is 272 g/mol. The lowest BCUT2D eigenvalue weighted by Gasteiger charge is -2.20. The van der Waals surface area contributed by atoms with Crippen LogP contribution < -0.4 is 5.73 Å². The van der Waals surface area contributed by atoms with Gasteiger partial charge in [-0.05, 0) is 18.8 Å². The maximum atomic E-state index is 11.3. The molecule has 0 aliphatic carbocycles. The van der Waals surface area contributed by atoms with Gasteiger partial charge >= 0.3 is 0 Å². The molecule has 1 aromatic rings. The van der Waals surface area contributed by atoms with E-state index in [2.05, 4.69) is 4.98 Å². The Hall–Kier alpha value is -0.880. The molecule has 0 radical (unpaired) electrons. The molecule has 0 amide bonds. The Bertz CT molecular complexity index is 481. The minimum atomic E-state index is -2.79. The first-order chi connectivity index (χ1) is 8.50. The Morgan fingerprint density at radius 1 is 1.50 bits per heavy atom. The van der Waals surface area contributed by atoms with Gasteiger partial charge in [-0.2, -0.15) is 0 Å². The molecule has 0 spiro atoms. The first-order valence-electron chi connectivity index (χ1n) is 6.35. The molecule has 1 unspecified atom stereocenters. The number of hydrogen-bond acceptors (Lipinski definition) is 5. The summed E-state index contributed by atoms with van der Waals surface area (Å²) in [5.74, 6) is 1.87. The van der Waals surface area contributed by atoms with Crippen LogP contribution in [0.15, 0.2) is 10.7 Å². The van der Waals surface area contributed by atoms with Crippen LogP contribution in [0, 0.1) is 5.92 Å². The van der Waals surface area contributed by atoms with Crippen LogP contribution in [-0.2, 0) is 16.3 Å². The molecule has 1 saturated heterocycles. The molecule has 102 valence electrons. The second-order valence-electron chi connectivity index (χ2n) is 5.10. The Labute approximate surface area is 108 Å². The number of aromatic nitrogens is 1. The van der Waals surface area contributed by atoms with Gasteiger partial charge in [0, 0.05) is 18.9 Å². The molecule has 1 fully saturated rings. The third-order valence-corrected chi connectivity index (χ3v) is 5.28. The first kappa shape index (κ1) is 13.5. The third-order valence-electron chi connectivity index (χ3n) is 3.57. The van der Waals surface area contributed by atoms with Gasteiger partial charge in [0.25, 0.3) is 0 Å². The fourth-order valence-corrected chi connectivity index (χ4v) is 3.74. The van der Waals surface area contributed by atoms with Crippen molar-refractivity contribution in [3.63, 3.8) is 0 Å². The fourth-order valence-electron chi connectivity index (χ4n) is 2.16. The van der Waals surface area contributed by atoms with Crippen LogP contribution >= 0.6 is 0 Å². The summed E-state index contributed by atoms with van der Waals surface area (Å²) in [4.78, 5) is 4.42. The fraction of sp³-hybridized carbons (Fsp3) is 0.750. The van der Waals surface area contributed by atoms with Crippen molar-refractivity contribution in [3.8, 4) is 0 Å². The molecule has 6 heteroatoms. The topological polar surface area (TPSA) is 86.2 Å². The Balaban J connectivity index is 1.92. The van der Waals surface area contributed by atoms with E-state index in [9.17, 15) is 8.42 Å². The van der Waals surface area contributed by atoms with Crippen molar-refractivity contribution >= 4 is 9.84 Å². The molecule has 1 aliphatic heterocycles. The summed E-state index contributed by atoms with van der Waals surface area (Å²) in [5.41, 5.74) is 6.46. The van der Waals surface area contributed by atoms with Crippen molar-refractivity contribution in [1.82, 2.24) is 4.98 Å². The number of sulfone groups is 1. The Morgan fingerprint density at radius 2 is 2.17 bits per heavy atom. The highest BCUT2D eigenvalue weighted by molar-refractivity contribution is 7.91. The van der Waals surface area contributed by atoms with Crippen molar-refractivity contribution in [2.75, 3.05) is 18.1 Å². The predicted molar refractivity (Wildman–Crippen MR) is 69.1 cm³/mol. The Morgan fingerprint density at radius 3 is 2.78 bits per heavy atom. The number of oxazole rings is 1. The average Bonchev–Trinajstić information content (AvgIpc) is 2.79. The largest absolute Gasteiger partial charge is 0.449 e. The molecule has 1 aromatic heterocycles. The molecular formula is C12H20N2O3S. The summed E-state index contributed by atoms with van der Waals surface area (Å²) < 4.78 is 28.1. The number of nitrogens with two attached hydrogens (primary N) is 1. The van der Waals surface area contributed by atoms with Crippen molar-refractivity contribution in [3.05, 3.63) is 17.8 Å². The standard InChI is InChI=1S/C12H20N2O3S/c1-9(7-13)11-8-17-12(14-11)6-10-2-4-18(15,16)5-3-10/h8-10H,2-7,13H2,1H3. The maximum absolute atomic E-state index is 11.3. The summed E-state index contributed by atoms with van der Waals surface area (Å²) in [6.07, 6.45) is 3.82. The van der Waals surface area contributed by atoms with Crippen molar-refractivity contribution in [1.29, 1.82) is 0 Å². The lowest BCUT2D eigenvalue weighted by Crippen LogP contribution is -2.24. The van der Waals surface area contributed by atoms with Crippen molar-refractivity contribution in [2.24, 2.45) is 11.7 Å². The van der Waals surface area contributed by atoms with Crippen LogP contribution in [0.4, 0.5) is 0 Å². The second kappa shape index (κ2) is 5.40. The maximum Gasteiger partial charge on any atom is 0.194 e. The van der Waals surface area contributed by atoms with Crippen molar-refractivity contribution in [2.45, 2.75) is 32.1 Å². The second-order valence-corrected chi connectivity index (χ2v) is 7.41. The summed E-state index contributed by atoms with van der Waals surface area (Å²) >= 11 is 0. The van der Waals surface area contributed by atoms with Gasteiger partial charge in [-0.15, -0.1) is 0 Å². The van der Waals surface area contributed by atoms with Crippen molar-refractivity contribution < 1.29 is 12.8 Å². The summed E-state index contributed by atoms with van der Waals surface area (Å²) in [5, 5.41) is 0. The van der Waals surface area contributed by atoms with E-state index in [1.54, 1.807) is 6.26 Å². The molecule has 0 saturated carbocycles. The molecule has 2 heterocycles. The molecule has 0 aromatic carbocycles. The van der Waals surface area contributed by atoms with Crippen LogP contribution in [0.2, 0.25) is 0 Å². The predicted octanol–water partition coefficient (Wildman–Crippen LogP) is 1.10. The van der Waals surface area contributed by atoms with Crippen LogP contribution in [-0.4, -0.2) is 31.5 Å². The van der Waals surface area contributed by atoms with E-state index in [0.29, 0.717) is 42.7 Å². The van der Waals surface area contributed by atoms with E-state index in [0.717, 1.165) is 12.1 Å². The van der Waals surface area contributed by atoms with Crippen LogP contribution in [0.1, 0.15) is 37.3 Å². The number of nitrogens with zero attached hydrogens (tertiary/aromatic N) is 1. The van der Waals surface area contributed by atoms with Crippen LogP contribution in [0.3, 0.4) is 0 Å². The van der Waals surface area contributed by atoms with Gasteiger partial charge in [0.05, 0.1) is 17.2 Å². The number of rotatable bonds is 4. The molecule has 0 bridgehead atoms. The van der Waals surface area contributed by atoms with E-state index in [1.807, 2.05) is 6.92 Å². The van der Waals surface area contributed by atoms with Gasteiger partial charge in [-0.1, -0.05) is 6.92 Å². The zero-order valence-corrected chi connectivity index (χ0v) is 11.4. The zero-order chi connectivity index (χ0) is 13.2. The van der Waals surface area contributed by atoms with Gasteiger partial charge in [0.1, 0.15) is 16.1 Å². The van der Waals surface area contributed by atoms with Gasteiger partial charge in [0.15, 0.2) is 5.89 Å². The summed E-state index contributed by atoms with van der Waals surface area (Å²) in [6.45, 7) is 2.56. The monoisotopic (exact) mass is 272 g/mol. The molecule has 2 rings (SSSR count). The highest BCUT2D eigenvalue weighted by Gasteiger charge is 2.25. The molecule has 1 atom stereocenters. The zero-order valence-electron chi connectivity index (χ0n) is 10.6. The minimum absolute atomic E-state index is 0.203. The highest BCUT2D eigenvalue weighted by atomic mass is 32.2. The molecule has 5 nitrogen and oxygen atoms in total. The van der Waals surface area contributed by atoms with Crippen LogP contribution in [0.5, 0.6) is 0 Å². The lowest BCUT2D eigenvalue weighted by molar-refractivity contribution is 0.399. The van der Waals surface area contributed by atoms with E-state index in [1.165, 1.54) is 0 Å². The number of hydrogen-bond donors (Lipinski definition) is 1. The molecular weight excluding hydrogens is 252 g/mol. The third kappa shape index (κ3) is 3.32. The minimum Gasteiger partial charge on any atom is -0.449 e. The smallest absolute Gasteiger partial charge is 0.194 e.